The molecule has 0 N–H and O–H groups in total. The van der Waals surface area contributed by atoms with E-state index in [4.69, 9.17) is 9.47 Å². The first-order valence-electron chi connectivity index (χ1n) is 10.0. The molecule has 2 atom stereocenters. The number of aryl methyl sites for hydroxylation is 1. The van der Waals surface area contributed by atoms with E-state index in [0.29, 0.717) is 25.7 Å². The molecule has 4 rings (SSSR count). The number of amides is 1. The molecule has 0 bridgehead atoms. The fraction of sp³-hybridized carbons (Fsp3) is 0.435. The topological polar surface area (TPSA) is 42.0 Å². The maximum atomic E-state index is 12.8. The number of likely N-dealkylation sites (N-methyl/N-ethyl adjacent to an activating group) is 2. The maximum Gasteiger partial charge on any atom is 0.236 e. The van der Waals surface area contributed by atoms with Crippen LogP contribution in [-0.4, -0.2) is 55.6 Å². The molecule has 1 aliphatic carbocycles. The molecule has 1 heterocycles. The molecular weight excluding hydrogens is 352 g/mol. The molecule has 0 fully saturated rings. The van der Waals surface area contributed by atoms with E-state index in [9.17, 15) is 4.79 Å². The SMILES string of the molecule is CN(CC1COc2ccccc2O1)C(=O)CN(C)C1CCCc2ccccc21. The Kier molecular flexibility index (Phi) is 5.53. The first kappa shape index (κ1) is 18.8. The molecule has 28 heavy (non-hydrogen) atoms. The molecule has 0 aromatic heterocycles. The minimum absolute atomic E-state index is 0.105. The van der Waals surface area contributed by atoms with Crippen LogP contribution in [0.5, 0.6) is 11.5 Å². The number of ether oxygens (including phenoxy) is 2. The van der Waals surface area contributed by atoms with Crippen molar-refractivity contribution in [3.63, 3.8) is 0 Å². The quantitative estimate of drug-likeness (QED) is 0.798. The van der Waals surface area contributed by atoms with Crippen LogP contribution in [0, 0.1) is 0 Å². The Bertz CT molecular complexity index is 838. The molecule has 5 nitrogen and oxygen atoms in total. The van der Waals surface area contributed by atoms with Gasteiger partial charge < -0.3 is 14.4 Å². The Hall–Kier alpha value is -2.53. The van der Waals surface area contributed by atoms with Gasteiger partial charge in [-0.25, -0.2) is 0 Å². The third kappa shape index (κ3) is 3.99. The van der Waals surface area contributed by atoms with E-state index >= 15 is 0 Å². The second-order valence-corrected chi connectivity index (χ2v) is 7.79. The summed E-state index contributed by atoms with van der Waals surface area (Å²) in [4.78, 5) is 16.8. The second-order valence-electron chi connectivity index (χ2n) is 7.79. The van der Waals surface area contributed by atoms with Gasteiger partial charge in [0.05, 0.1) is 13.1 Å². The summed E-state index contributed by atoms with van der Waals surface area (Å²) in [5, 5.41) is 0. The van der Waals surface area contributed by atoms with Crippen LogP contribution in [0.4, 0.5) is 0 Å². The van der Waals surface area contributed by atoms with Crippen molar-refractivity contribution in [3.05, 3.63) is 59.7 Å². The van der Waals surface area contributed by atoms with E-state index in [2.05, 4.69) is 36.2 Å². The minimum Gasteiger partial charge on any atom is -0.486 e. The van der Waals surface area contributed by atoms with Crippen molar-refractivity contribution in [2.24, 2.45) is 0 Å². The van der Waals surface area contributed by atoms with Gasteiger partial charge >= 0.3 is 0 Å². The van der Waals surface area contributed by atoms with Crippen LogP contribution in [0.2, 0.25) is 0 Å². The second kappa shape index (κ2) is 8.23. The molecule has 1 amide bonds. The zero-order valence-corrected chi connectivity index (χ0v) is 16.6. The fourth-order valence-electron chi connectivity index (χ4n) is 4.19. The molecule has 0 saturated heterocycles. The van der Waals surface area contributed by atoms with Crippen molar-refractivity contribution in [2.45, 2.75) is 31.4 Å². The average molecular weight is 380 g/mol. The lowest BCUT2D eigenvalue weighted by Gasteiger charge is -2.34. The van der Waals surface area contributed by atoms with Crippen LogP contribution in [0.1, 0.15) is 30.0 Å². The number of benzene rings is 2. The van der Waals surface area contributed by atoms with Crippen molar-refractivity contribution in [3.8, 4) is 11.5 Å². The van der Waals surface area contributed by atoms with E-state index in [1.807, 2.05) is 31.3 Å². The Morgan fingerprint density at radius 3 is 2.68 bits per heavy atom. The highest BCUT2D eigenvalue weighted by Crippen LogP contribution is 2.33. The van der Waals surface area contributed by atoms with Crippen molar-refractivity contribution in [1.82, 2.24) is 9.80 Å². The molecular formula is C23H28N2O3. The lowest BCUT2D eigenvalue weighted by atomic mass is 9.87. The van der Waals surface area contributed by atoms with Gasteiger partial charge in [-0.1, -0.05) is 36.4 Å². The van der Waals surface area contributed by atoms with Crippen LogP contribution in [0.15, 0.2) is 48.5 Å². The maximum absolute atomic E-state index is 12.8. The number of nitrogens with zero attached hydrogens (tertiary/aromatic N) is 2. The number of fused-ring (bicyclic) bond motifs is 2. The standard InChI is InChI=1S/C23H28N2O3/c1-24(20-11-7-9-17-8-3-4-10-19(17)20)15-23(26)25(2)14-18-16-27-21-12-5-6-13-22(21)28-18/h3-6,8,10,12-13,18,20H,7,9,11,14-16H2,1-2H3. The predicted molar refractivity (Wildman–Crippen MR) is 109 cm³/mol. The molecule has 2 aromatic carbocycles. The lowest BCUT2D eigenvalue weighted by Crippen LogP contribution is -2.45. The Labute approximate surface area is 166 Å². The van der Waals surface area contributed by atoms with Gasteiger partial charge in [0.1, 0.15) is 6.61 Å². The van der Waals surface area contributed by atoms with Gasteiger partial charge in [-0.3, -0.25) is 9.69 Å². The van der Waals surface area contributed by atoms with E-state index in [1.165, 1.54) is 17.5 Å². The number of hydrogen-bond donors (Lipinski definition) is 0. The molecule has 2 unspecified atom stereocenters. The summed E-state index contributed by atoms with van der Waals surface area (Å²) in [7, 11) is 3.89. The summed E-state index contributed by atoms with van der Waals surface area (Å²) in [5.41, 5.74) is 2.78. The van der Waals surface area contributed by atoms with Crippen molar-refractivity contribution in [2.75, 3.05) is 33.8 Å². The van der Waals surface area contributed by atoms with E-state index in [-0.39, 0.29) is 12.0 Å². The molecule has 2 aromatic rings. The molecule has 0 saturated carbocycles. The van der Waals surface area contributed by atoms with Crippen LogP contribution >= 0.6 is 0 Å². The number of carbonyl (C=O) groups is 1. The third-order valence-corrected chi connectivity index (χ3v) is 5.73. The Balaban J connectivity index is 1.34. The highest BCUT2D eigenvalue weighted by atomic mass is 16.6. The van der Waals surface area contributed by atoms with Crippen molar-refractivity contribution >= 4 is 5.91 Å². The zero-order valence-electron chi connectivity index (χ0n) is 16.6. The van der Waals surface area contributed by atoms with Crippen LogP contribution in [-0.2, 0) is 11.2 Å². The van der Waals surface area contributed by atoms with E-state index in [0.717, 1.165) is 24.3 Å². The molecule has 0 radical (unpaired) electrons. The summed E-state index contributed by atoms with van der Waals surface area (Å²) in [5.74, 6) is 1.62. The van der Waals surface area contributed by atoms with Gasteiger partial charge in [0.25, 0.3) is 0 Å². The van der Waals surface area contributed by atoms with Crippen LogP contribution in [0.25, 0.3) is 0 Å². The largest absolute Gasteiger partial charge is 0.486 e. The van der Waals surface area contributed by atoms with Crippen LogP contribution in [0.3, 0.4) is 0 Å². The molecule has 0 spiro atoms. The van der Waals surface area contributed by atoms with Gasteiger partial charge in [0.2, 0.25) is 5.91 Å². The fourth-order valence-corrected chi connectivity index (χ4v) is 4.19. The first-order valence-corrected chi connectivity index (χ1v) is 10.0. The van der Waals surface area contributed by atoms with Gasteiger partial charge in [0.15, 0.2) is 17.6 Å². The van der Waals surface area contributed by atoms with Crippen molar-refractivity contribution in [1.29, 1.82) is 0 Å². The monoisotopic (exact) mass is 380 g/mol. The van der Waals surface area contributed by atoms with Gasteiger partial charge in [-0.2, -0.15) is 0 Å². The number of hydrogen-bond acceptors (Lipinski definition) is 4. The van der Waals surface area contributed by atoms with Gasteiger partial charge in [-0.05, 0) is 49.6 Å². The molecule has 5 heteroatoms. The summed E-state index contributed by atoms with van der Waals surface area (Å²) >= 11 is 0. The third-order valence-electron chi connectivity index (χ3n) is 5.73. The minimum atomic E-state index is -0.149. The van der Waals surface area contributed by atoms with Gasteiger partial charge in [0, 0.05) is 13.1 Å². The smallest absolute Gasteiger partial charge is 0.236 e. The Morgan fingerprint density at radius 2 is 1.82 bits per heavy atom. The zero-order chi connectivity index (χ0) is 19.5. The molecule has 2 aliphatic rings. The molecule has 1 aliphatic heterocycles. The highest BCUT2D eigenvalue weighted by Gasteiger charge is 2.27. The number of para-hydroxylation sites is 2. The predicted octanol–water partition coefficient (Wildman–Crippen LogP) is 3.29. The number of carbonyl (C=O) groups excluding carboxylic acids is 1. The van der Waals surface area contributed by atoms with Crippen LogP contribution < -0.4 is 9.47 Å². The Morgan fingerprint density at radius 1 is 1.07 bits per heavy atom. The normalized spacial score (nSPS) is 20.5. The summed E-state index contributed by atoms with van der Waals surface area (Å²) in [6.07, 6.45) is 3.25. The summed E-state index contributed by atoms with van der Waals surface area (Å²) in [6, 6.07) is 16.6. The van der Waals surface area contributed by atoms with Gasteiger partial charge in [-0.15, -0.1) is 0 Å². The average Bonchev–Trinajstić information content (AvgIpc) is 2.73. The van der Waals surface area contributed by atoms with E-state index in [1.54, 1.807) is 4.90 Å². The summed E-state index contributed by atoms with van der Waals surface area (Å²) < 4.78 is 11.7. The highest BCUT2D eigenvalue weighted by molar-refractivity contribution is 5.78. The van der Waals surface area contributed by atoms with Crippen molar-refractivity contribution < 1.29 is 14.3 Å². The summed E-state index contributed by atoms with van der Waals surface area (Å²) in [6.45, 7) is 1.38. The van der Waals surface area contributed by atoms with E-state index < -0.39 is 0 Å². The molecule has 148 valence electrons. The number of rotatable bonds is 5. The first-order chi connectivity index (χ1) is 13.6. The lowest BCUT2D eigenvalue weighted by molar-refractivity contribution is -0.132.